The van der Waals surface area contributed by atoms with Gasteiger partial charge in [0, 0.05) is 35.3 Å². The summed E-state index contributed by atoms with van der Waals surface area (Å²) in [4.78, 5) is 37.4. The number of carbonyl (C=O) groups is 2. The first-order valence-electron chi connectivity index (χ1n) is 10.5. The van der Waals surface area contributed by atoms with Crippen molar-refractivity contribution in [2.24, 2.45) is 5.92 Å². The fourth-order valence-corrected chi connectivity index (χ4v) is 4.41. The van der Waals surface area contributed by atoms with E-state index >= 15 is 0 Å². The molecule has 7 nitrogen and oxygen atoms in total. The summed E-state index contributed by atoms with van der Waals surface area (Å²) < 4.78 is 5.31. The van der Waals surface area contributed by atoms with Gasteiger partial charge in [0.2, 0.25) is 5.95 Å². The number of hydrogen-bond acceptors (Lipinski definition) is 7. The summed E-state index contributed by atoms with van der Waals surface area (Å²) in [6, 6.07) is 19.3. The molecule has 2 aromatic carbocycles. The molecule has 4 rings (SSSR count). The van der Waals surface area contributed by atoms with Crippen LogP contribution >= 0.6 is 11.8 Å². The molecule has 1 aliphatic rings. The number of para-hydroxylation sites is 1. The van der Waals surface area contributed by atoms with Crippen LogP contribution in [0.1, 0.15) is 12.8 Å². The summed E-state index contributed by atoms with van der Waals surface area (Å²) in [5, 5.41) is 2.86. The molecule has 32 heavy (non-hydrogen) atoms. The van der Waals surface area contributed by atoms with Gasteiger partial charge in [-0.2, -0.15) is 0 Å². The summed E-state index contributed by atoms with van der Waals surface area (Å²) in [6.45, 7) is 1.06. The second-order valence-electron chi connectivity index (χ2n) is 7.38. The zero-order valence-corrected chi connectivity index (χ0v) is 18.3. The third-order valence-corrected chi connectivity index (χ3v) is 6.22. The first kappa shape index (κ1) is 21.8. The van der Waals surface area contributed by atoms with Crippen LogP contribution in [-0.2, 0) is 14.3 Å². The monoisotopic (exact) mass is 448 g/mol. The molecule has 1 amide bonds. The fourth-order valence-electron chi connectivity index (χ4n) is 3.48. The highest BCUT2D eigenvalue weighted by Gasteiger charge is 2.27. The standard InChI is InChI=1S/C24H24N4O3S/c29-22(27-20-9-4-5-10-21(20)32-19-7-2-1-3-8-19)17-31-23(30)18-11-15-28(16-12-18)24-25-13-6-14-26-24/h1-10,13-14,18H,11-12,15-17H2,(H,27,29). The van der Waals surface area contributed by atoms with Gasteiger partial charge < -0.3 is 15.0 Å². The molecule has 164 valence electrons. The van der Waals surface area contributed by atoms with Crippen LogP contribution in [0.3, 0.4) is 0 Å². The molecule has 0 bridgehead atoms. The van der Waals surface area contributed by atoms with E-state index in [-0.39, 0.29) is 24.4 Å². The number of rotatable bonds is 7. The van der Waals surface area contributed by atoms with E-state index in [0.717, 1.165) is 9.79 Å². The summed E-state index contributed by atoms with van der Waals surface area (Å²) >= 11 is 1.56. The Kier molecular flexibility index (Phi) is 7.34. The predicted octanol–water partition coefficient (Wildman–Crippen LogP) is 4.03. The first-order chi connectivity index (χ1) is 15.7. The van der Waals surface area contributed by atoms with Crippen molar-refractivity contribution in [1.82, 2.24) is 9.97 Å². The van der Waals surface area contributed by atoms with Crippen LogP contribution in [0.15, 0.2) is 82.8 Å². The van der Waals surface area contributed by atoms with Crippen molar-refractivity contribution >= 4 is 35.3 Å². The highest BCUT2D eigenvalue weighted by Crippen LogP contribution is 2.33. The second kappa shape index (κ2) is 10.8. The van der Waals surface area contributed by atoms with Gasteiger partial charge in [-0.25, -0.2) is 9.97 Å². The molecule has 1 aliphatic heterocycles. The number of nitrogens with zero attached hydrogens (tertiary/aromatic N) is 3. The molecule has 1 N–H and O–H groups in total. The van der Waals surface area contributed by atoms with Crippen molar-refractivity contribution in [2.75, 3.05) is 29.9 Å². The fraction of sp³-hybridized carbons (Fsp3) is 0.250. The van der Waals surface area contributed by atoms with Gasteiger partial charge in [0.15, 0.2) is 6.61 Å². The highest BCUT2D eigenvalue weighted by atomic mass is 32.2. The minimum atomic E-state index is -0.352. The molecule has 0 aliphatic carbocycles. The van der Waals surface area contributed by atoms with Gasteiger partial charge in [-0.1, -0.05) is 42.1 Å². The normalized spacial score (nSPS) is 14.1. The Balaban J connectivity index is 1.25. The zero-order chi connectivity index (χ0) is 22.2. The quantitative estimate of drug-likeness (QED) is 0.546. The molecule has 1 aromatic heterocycles. The smallest absolute Gasteiger partial charge is 0.309 e. The maximum atomic E-state index is 12.5. The summed E-state index contributed by atoms with van der Waals surface area (Å²) in [6.07, 6.45) is 4.71. The lowest BCUT2D eigenvalue weighted by Crippen LogP contribution is -2.38. The average molecular weight is 449 g/mol. The third-order valence-electron chi connectivity index (χ3n) is 5.14. The minimum absolute atomic E-state index is 0.219. The second-order valence-corrected chi connectivity index (χ2v) is 8.49. The van der Waals surface area contributed by atoms with Gasteiger partial charge in [-0.3, -0.25) is 9.59 Å². The van der Waals surface area contributed by atoms with Crippen molar-refractivity contribution in [3.8, 4) is 0 Å². The summed E-state index contributed by atoms with van der Waals surface area (Å²) in [5.74, 6) is -0.232. The number of esters is 1. The van der Waals surface area contributed by atoms with Crippen LogP contribution in [0, 0.1) is 5.92 Å². The topological polar surface area (TPSA) is 84.4 Å². The Morgan fingerprint density at radius 1 is 0.969 bits per heavy atom. The van der Waals surface area contributed by atoms with Crippen molar-refractivity contribution in [3.05, 3.63) is 73.1 Å². The molecular formula is C24H24N4O3S. The minimum Gasteiger partial charge on any atom is -0.455 e. The number of piperidine rings is 1. The number of carbonyl (C=O) groups excluding carboxylic acids is 2. The molecule has 0 saturated carbocycles. The van der Waals surface area contributed by atoms with Gasteiger partial charge in [0.05, 0.1) is 11.6 Å². The van der Waals surface area contributed by atoms with Gasteiger partial charge in [0.25, 0.3) is 5.91 Å². The van der Waals surface area contributed by atoms with Crippen LogP contribution in [0.25, 0.3) is 0 Å². The molecule has 0 unspecified atom stereocenters. The summed E-state index contributed by atoms with van der Waals surface area (Å²) in [5.41, 5.74) is 0.693. The molecule has 8 heteroatoms. The van der Waals surface area contributed by atoms with Gasteiger partial charge in [-0.05, 0) is 43.2 Å². The zero-order valence-electron chi connectivity index (χ0n) is 17.5. The van der Waals surface area contributed by atoms with Crippen LogP contribution in [0.4, 0.5) is 11.6 Å². The maximum Gasteiger partial charge on any atom is 0.309 e. The number of aromatic nitrogens is 2. The number of benzene rings is 2. The van der Waals surface area contributed by atoms with E-state index < -0.39 is 0 Å². The van der Waals surface area contributed by atoms with Crippen LogP contribution in [-0.4, -0.2) is 41.5 Å². The van der Waals surface area contributed by atoms with Crippen molar-refractivity contribution in [2.45, 2.75) is 22.6 Å². The molecular weight excluding hydrogens is 424 g/mol. The Morgan fingerprint density at radius 2 is 1.66 bits per heavy atom. The lowest BCUT2D eigenvalue weighted by molar-refractivity contribution is -0.152. The van der Waals surface area contributed by atoms with Crippen molar-refractivity contribution in [3.63, 3.8) is 0 Å². The number of nitrogens with one attached hydrogen (secondary N) is 1. The van der Waals surface area contributed by atoms with Gasteiger partial charge in [-0.15, -0.1) is 0 Å². The lowest BCUT2D eigenvalue weighted by Gasteiger charge is -2.30. The SMILES string of the molecule is O=C(COC(=O)C1CCN(c2ncccn2)CC1)Nc1ccccc1Sc1ccccc1. The summed E-state index contributed by atoms with van der Waals surface area (Å²) in [7, 11) is 0. The molecule has 0 atom stereocenters. The average Bonchev–Trinajstić information content (AvgIpc) is 2.85. The molecule has 1 saturated heterocycles. The Labute approximate surface area is 191 Å². The number of amides is 1. The van der Waals surface area contributed by atoms with Crippen LogP contribution in [0.5, 0.6) is 0 Å². The van der Waals surface area contributed by atoms with E-state index in [1.54, 1.807) is 30.2 Å². The maximum absolute atomic E-state index is 12.5. The lowest BCUT2D eigenvalue weighted by atomic mass is 9.97. The Hall–Kier alpha value is -3.39. The van der Waals surface area contributed by atoms with E-state index in [4.69, 9.17) is 4.74 Å². The number of ether oxygens (including phenoxy) is 1. The Morgan fingerprint density at radius 3 is 2.41 bits per heavy atom. The number of hydrogen-bond donors (Lipinski definition) is 1. The predicted molar refractivity (Wildman–Crippen MR) is 124 cm³/mol. The van der Waals surface area contributed by atoms with E-state index in [9.17, 15) is 9.59 Å². The number of anilines is 2. The third kappa shape index (κ3) is 5.85. The van der Waals surface area contributed by atoms with E-state index in [2.05, 4.69) is 20.2 Å². The molecule has 0 radical (unpaired) electrons. The van der Waals surface area contributed by atoms with Gasteiger partial charge >= 0.3 is 5.97 Å². The van der Waals surface area contributed by atoms with E-state index in [1.165, 1.54) is 0 Å². The first-order valence-corrected chi connectivity index (χ1v) is 11.3. The van der Waals surface area contributed by atoms with Crippen LogP contribution < -0.4 is 10.2 Å². The van der Waals surface area contributed by atoms with Crippen LogP contribution in [0.2, 0.25) is 0 Å². The molecule has 0 spiro atoms. The molecule has 1 fully saturated rings. The van der Waals surface area contributed by atoms with E-state index in [0.29, 0.717) is 37.6 Å². The molecule has 3 aromatic rings. The van der Waals surface area contributed by atoms with Gasteiger partial charge in [0.1, 0.15) is 0 Å². The van der Waals surface area contributed by atoms with E-state index in [1.807, 2.05) is 54.6 Å². The highest BCUT2D eigenvalue weighted by molar-refractivity contribution is 7.99. The largest absolute Gasteiger partial charge is 0.455 e. The Bertz CT molecular complexity index is 1040. The van der Waals surface area contributed by atoms with Crippen molar-refractivity contribution < 1.29 is 14.3 Å². The molecule has 2 heterocycles. The van der Waals surface area contributed by atoms with Crippen molar-refractivity contribution in [1.29, 1.82) is 0 Å².